The lowest BCUT2D eigenvalue weighted by atomic mass is 10.3. The minimum absolute atomic E-state index is 0.423. The molecule has 0 atom stereocenters. The van der Waals surface area contributed by atoms with Crippen molar-refractivity contribution in [2.75, 3.05) is 11.9 Å². The van der Waals surface area contributed by atoms with Gasteiger partial charge in [-0.1, -0.05) is 11.6 Å². The first-order chi connectivity index (χ1) is 6.18. The van der Waals surface area contributed by atoms with E-state index in [4.69, 9.17) is 0 Å². The third-order valence-corrected chi connectivity index (χ3v) is 1.39. The molecule has 0 spiro atoms. The summed E-state index contributed by atoms with van der Waals surface area (Å²) in [5.41, 5.74) is 1.22. The molecule has 4 heteroatoms. The van der Waals surface area contributed by atoms with Crippen LogP contribution in [0.15, 0.2) is 24.0 Å². The molecule has 0 unspecified atom stereocenters. The summed E-state index contributed by atoms with van der Waals surface area (Å²) in [6.07, 6.45) is 4.28. The van der Waals surface area contributed by atoms with E-state index < -0.39 is 5.82 Å². The fourth-order valence-corrected chi connectivity index (χ4v) is 0.750. The van der Waals surface area contributed by atoms with E-state index in [-0.39, 0.29) is 0 Å². The Bertz CT molecular complexity index is 288. The van der Waals surface area contributed by atoms with Crippen LogP contribution in [-0.2, 0) is 0 Å². The summed E-state index contributed by atoms with van der Waals surface area (Å²) in [5, 5.41) is 2.94. The van der Waals surface area contributed by atoms with Gasteiger partial charge in [-0.25, -0.2) is 14.4 Å². The van der Waals surface area contributed by atoms with E-state index in [2.05, 4.69) is 15.3 Å². The van der Waals surface area contributed by atoms with Crippen LogP contribution in [0, 0.1) is 5.82 Å². The molecule has 13 heavy (non-hydrogen) atoms. The lowest BCUT2D eigenvalue weighted by molar-refractivity contribution is 0.614. The van der Waals surface area contributed by atoms with Crippen LogP contribution in [-0.4, -0.2) is 16.5 Å². The van der Waals surface area contributed by atoms with E-state index in [9.17, 15) is 4.39 Å². The van der Waals surface area contributed by atoms with Gasteiger partial charge in [0.05, 0.1) is 12.4 Å². The highest BCUT2D eigenvalue weighted by molar-refractivity contribution is 5.24. The number of anilines is 1. The van der Waals surface area contributed by atoms with Crippen molar-refractivity contribution < 1.29 is 4.39 Å². The Morgan fingerprint density at radius 1 is 1.46 bits per heavy atom. The Labute approximate surface area is 76.7 Å². The molecule has 70 valence electrons. The maximum absolute atomic E-state index is 12.4. The van der Waals surface area contributed by atoms with Crippen LogP contribution in [0.1, 0.15) is 13.8 Å². The van der Waals surface area contributed by atoms with E-state index in [0.717, 1.165) is 12.4 Å². The quantitative estimate of drug-likeness (QED) is 0.725. The second kappa shape index (κ2) is 4.54. The van der Waals surface area contributed by atoms with Gasteiger partial charge in [0.25, 0.3) is 0 Å². The van der Waals surface area contributed by atoms with Crippen molar-refractivity contribution >= 4 is 5.95 Å². The molecule has 0 saturated heterocycles. The smallest absolute Gasteiger partial charge is 0.223 e. The molecular formula is C9H12FN3. The third kappa shape index (κ3) is 3.64. The maximum atomic E-state index is 12.4. The second-order valence-corrected chi connectivity index (χ2v) is 2.89. The van der Waals surface area contributed by atoms with Crippen molar-refractivity contribution in [1.29, 1.82) is 0 Å². The third-order valence-electron chi connectivity index (χ3n) is 1.39. The van der Waals surface area contributed by atoms with E-state index in [1.54, 1.807) is 0 Å². The zero-order valence-electron chi connectivity index (χ0n) is 7.71. The van der Waals surface area contributed by atoms with Crippen LogP contribution in [0.25, 0.3) is 0 Å². The Hall–Kier alpha value is -1.45. The molecule has 0 saturated carbocycles. The summed E-state index contributed by atoms with van der Waals surface area (Å²) in [6.45, 7) is 4.67. The predicted octanol–water partition coefficient (Wildman–Crippen LogP) is 1.99. The summed E-state index contributed by atoms with van der Waals surface area (Å²) in [6, 6.07) is 0. The Morgan fingerprint density at radius 3 is 2.62 bits per heavy atom. The molecule has 0 aromatic carbocycles. The number of hydrogen-bond acceptors (Lipinski definition) is 3. The average molecular weight is 181 g/mol. The first-order valence-corrected chi connectivity index (χ1v) is 4.03. The Morgan fingerprint density at radius 2 is 2.08 bits per heavy atom. The van der Waals surface area contributed by atoms with Crippen molar-refractivity contribution in [3.63, 3.8) is 0 Å². The number of nitrogens with one attached hydrogen (secondary N) is 1. The Kier molecular flexibility index (Phi) is 3.37. The first kappa shape index (κ1) is 9.64. The summed E-state index contributed by atoms with van der Waals surface area (Å²) in [7, 11) is 0. The van der Waals surface area contributed by atoms with Gasteiger partial charge in [0.15, 0.2) is 5.82 Å². The number of rotatable bonds is 3. The van der Waals surface area contributed by atoms with Crippen molar-refractivity contribution in [2.24, 2.45) is 0 Å². The SMILES string of the molecule is CC(C)=CCNc1ncc(F)cn1. The van der Waals surface area contributed by atoms with Crippen LogP contribution >= 0.6 is 0 Å². The first-order valence-electron chi connectivity index (χ1n) is 4.03. The van der Waals surface area contributed by atoms with Gasteiger partial charge in [0.2, 0.25) is 5.95 Å². The summed E-state index contributed by atoms with van der Waals surface area (Å²) >= 11 is 0. The highest BCUT2D eigenvalue weighted by atomic mass is 19.1. The molecule has 0 radical (unpaired) electrons. The van der Waals surface area contributed by atoms with Gasteiger partial charge in [-0.2, -0.15) is 0 Å². The van der Waals surface area contributed by atoms with Crippen molar-refractivity contribution in [3.05, 3.63) is 29.9 Å². The van der Waals surface area contributed by atoms with Gasteiger partial charge in [-0.15, -0.1) is 0 Å². The normalized spacial score (nSPS) is 9.46. The molecular weight excluding hydrogens is 169 g/mol. The number of hydrogen-bond donors (Lipinski definition) is 1. The molecule has 1 aromatic heterocycles. The van der Waals surface area contributed by atoms with Gasteiger partial charge >= 0.3 is 0 Å². The molecule has 0 amide bonds. The van der Waals surface area contributed by atoms with Crippen molar-refractivity contribution in [1.82, 2.24) is 9.97 Å². The van der Waals surface area contributed by atoms with Crippen molar-refractivity contribution in [2.45, 2.75) is 13.8 Å². The van der Waals surface area contributed by atoms with Crippen LogP contribution < -0.4 is 5.32 Å². The van der Waals surface area contributed by atoms with Crippen LogP contribution in [0.5, 0.6) is 0 Å². The molecule has 0 bridgehead atoms. The van der Waals surface area contributed by atoms with Crippen LogP contribution in [0.4, 0.5) is 10.3 Å². The van der Waals surface area contributed by atoms with E-state index in [1.807, 2.05) is 19.9 Å². The second-order valence-electron chi connectivity index (χ2n) is 2.89. The summed E-state index contributed by atoms with van der Waals surface area (Å²) in [4.78, 5) is 7.50. The molecule has 0 aliphatic heterocycles. The number of halogens is 1. The lowest BCUT2D eigenvalue weighted by Crippen LogP contribution is -2.03. The van der Waals surface area contributed by atoms with Gasteiger partial charge < -0.3 is 5.32 Å². The minimum Gasteiger partial charge on any atom is -0.351 e. The molecule has 1 aromatic rings. The van der Waals surface area contributed by atoms with E-state index >= 15 is 0 Å². The molecule has 0 aliphatic carbocycles. The van der Waals surface area contributed by atoms with E-state index in [1.165, 1.54) is 5.57 Å². The predicted molar refractivity (Wildman–Crippen MR) is 49.9 cm³/mol. The van der Waals surface area contributed by atoms with Crippen LogP contribution in [0.2, 0.25) is 0 Å². The standard InChI is InChI=1S/C9H12FN3/c1-7(2)3-4-11-9-12-5-8(10)6-13-9/h3,5-6H,4H2,1-2H3,(H,11,12,13). The molecule has 0 fully saturated rings. The fourth-order valence-electron chi connectivity index (χ4n) is 0.750. The lowest BCUT2D eigenvalue weighted by Gasteiger charge is -2.00. The topological polar surface area (TPSA) is 37.8 Å². The Balaban J connectivity index is 2.46. The van der Waals surface area contributed by atoms with Crippen molar-refractivity contribution in [3.8, 4) is 0 Å². The number of nitrogens with zero attached hydrogens (tertiary/aromatic N) is 2. The zero-order chi connectivity index (χ0) is 9.68. The van der Waals surface area contributed by atoms with Gasteiger partial charge in [-0.05, 0) is 13.8 Å². The van der Waals surface area contributed by atoms with Gasteiger partial charge in [-0.3, -0.25) is 0 Å². The summed E-state index contributed by atoms with van der Waals surface area (Å²) in [5.74, 6) is 0.0201. The average Bonchev–Trinajstić information content (AvgIpc) is 2.08. The maximum Gasteiger partial charge on any atom is 0.223 e. The largest absolute Gasteiger partial charge is 0.351 e. The number of aromatic nitrogens is 2. The van der Waals surface area contributed by atoms with E-state index in [0.29, 0.717) is 12.5 Å². The molecule has 1 rings (SSSR count). The fraction of sp³-hybridized carbons (Fsp3) is 0.333. The zero-order valence-corrected chi connectivity index (χ0v) is 7.71. The highest BCUT2D eigenvalue weighted by Crippen LogP contribution is 1.98. The monoisotopic (exact) mass is 181 g/mol. The highest BCUT2D eigenvalue weighted by Gasteiger charge is 1.93. The van der Waals surface area contributed by atoms with Gasteiger partial charge in [0.1, 0.15) is 0 Å². The minimum atomic E-state index is -0.423. The summed E-state index contributed by atoms with van der Waals surface area (Å²) < 4.78 is 12.4. The molecule has 1 N–H and O–H groups in total. The van der Waals surface area contributed by atoms with Gasteiger partial charge in [0, 0.05) is 6.54 Å². The molecule has 3 nitrogen and oxygen atoms in total. The van der Waals surface area contributed by atoms with Crippen LogP contribution in [0.3, 0.4) is 0 Å². The molecule has 0 aliphatic rings. The number of allylic oxidation sites excluding steroid dienone is 1. The molecule has 1 heterocycles.